The first-order valence-electron chi connectivity index (χ1n) is 11.8. The van der Waals surface area contributed by atoms with Gasteiger partial charge in [-0.05, 0) is 62.0 Å². The van der Waals surface area contributed by atoms with E-state index in [0.29, 0.717) is 36.1 Å². The predicted octanol–water partition coefficient (Wildman–Crippen LogP) is 4.10. The van der Waals surface area contributed by atoms with E-state index in [1.807, 2.05) is 24.3 Å². The van der Waals surface area contributed by atoms with Crippen LogP contribution in [0.3, 0.4) is 0 Å². The minimum absolute atomic E-state index is 0.341. The molecule has 2 aliphatic heterocycles. The fourth-order valence-electron chi connectivity index (χ4n) is 4.61. The van der Waals surface area contributed by atoms with Gasteiger partial charge >= 0.3 is 0 Å². The molecule has 0 unspecified atom stereocenters. The van der Waals surface area contributed by atoms with Crippen LogP contribution in [-0.2, 0) is 23.0 Å². The van der Waals surface area contributed by atoms with Crippen molar-refractivity contribution in [3.8, 4) is 11.4 Å². The van der Waals surface area contributed by atoms with Gasteiger partial charge in [-0.2, -0.15) is 9.29 Å². The maximum absolute atomic E-state index is 12.8. The standard InChI is InChI=1S/C25H30N4O3S/c30-33(31,29-16-2-1-3-17-29)23-12-8-20(9-13-23)18-24-26-25(27-32-24)22-10-6-21(7-11-22)19-28-14-4-5-15-28/h6-13H,1-5,14-19H2. The third-order valence-electron chi connectivity index (χ3n) is 6.52. The lowest BCUT2D eigenvalue weighted by atomic mass is 10.1. The summed E-state index contributed by atoms with van der Waals surface area (Å²) in [5.74, 6) is 1.08. The quantitative estimate of drug-likeness (QED) is 0.522. The second-order valence-corrected chi connectivity index (χ2v) is 10.9. The van der Waals surface area contributed by atoms with Gasteiger partial charge in [0.05, 0.1) is 11.3 Å². The maximum atomic E-state index is 12.8. The molecule has 2 fully saturated rings. The Bertz CT molecular complexity index is 1160. The predicted molar refractivity (Wildman–Crippen MR) is 126 cm³/mol. The van der Waals surface area contributed by atoms with Gasteiger partial charge < -0.3 is 4.52 Å². The van der Waals surface area contributed by atoms with E-state index in [2.05, 4.69) is 27.2 Å². The normalized spacial score (nSPS) is 18.1. The molecule has 0 aliphatic carbocycles. The van der Waals surface area contributed by atoms with Crippen molar-refractivity contribution in [2.45, 2.75) is 50.0 Å². The number of aromatic nitrogens is 2. The first-order valence-corrected chi connectivity index (χ1v) is 13.3. The van der Waals surface area contributed by atoms with Crippen LogP contribution in [0.4, 0.5) is 0 Å². The average molecular weight is 467 g/mol. The number of benzene rings is 2. The van der Waals surface area contributed by atoms with Gasteiger partial charge in [-0.1, -0.05) is 48.0 Å². The van der Waals surface area contributed by atoms with Crippen LogP contribution in [0.2, 0.25) is 0 Å². The topological polar surface area (TPSA) is 79.5 Å². The third kappa shape index (κ3) is 5.18. The number of piperidine rings is 1. The van der Waals surface area contributed by atoms with E-state index in [-0.39, 0.29) is 0 Å². The molecule has 0 amide bonds. The Labute approximate surface area is 195 Å². The highest BCUT2D eigenvalue weighted by atomic mass is 32.2. The lowest BCUT2D eigenvalue weighted by Gasteiger charge is -2.25. The highest BCUT2D eigenvalue weighted by Crippen LogP contribution is 2.23. The van der Waals surface area contributed by atoms with Gasteiger partial charge in [0.1, 0.15) is 0 Å². The molecule has 8 heteroatoms. The largest absolute Gasteiger partial charge is 0.339 e. The van der Waals surface area contributed by atoms with Gasteiger partial charge in [0.15, 0.2) is 0 Å². The number of rotatable bonds is 7. The third-order valence-corrected chi connectivity index (χ3v) is 8.43. The number of likely N-dealkylation sites (tertiary alicyclic amines) is 1. The van der Waals surface area contributed by atoms with Crippen LogP contribution in [0.1, 0.15) is 49.1 Å². The molecule has 2 aliphatic rings. The number of nitrogens with zero attached hydrogens (tertiary/aromatic N) is 4. The summed E-state index contributed by atoms with van der Waals surface area (Å²) in [6.07, 6.45) is 6.00. The average Bonchev–Trinajstić information content (AvgIpc) is 3.53. The van der Waals surface area contributed by atoms with Gasteiger partial charge in [0, 0.05) is 25.2 Å². The first-order chi connectivity index (χ1) is 16.1. The fourth-order valence-corrected chi connectivity index (χ4v) is 6.13. The van der Waals surface area contributed by atoms with Crippen LogP contribution in [0.25, 0.3) is 11.4 Å². The van der Waals surface area contributed by atoms with Crippen LogP contribution < -0.4 is 0 Å². The van der Waals surface area contributed by atoms with Crippen molar-refractivity contribution in [1.29, 1.82) is 0 Å². The van der Waals surface area contributed by atoms with Crippen LogP contribution in [0.5, 0.6) is 0 Å². The SMILES string of the molecule is O=S(=O)(c1ccc(Cc2nc(-c3ccc(CN4CCCC4)cc3)no2)cc1)N1CCCCC1. The van der Waals surface area contributed by atoms with Crippen molar-refractivity contribution in [3.05, 3.63) is 65.5 Å². The van der Waals surface area contributed by atoms with E-state index >= 15 is 0 Å². The molecule has 2 aromatic carbocycles. The van der Waals surface area contributed by atoms with Crippen LogP contribution in [0, 0.1) is 0 Å². The second kappa shape index (κ2) is 9.75. The van der Waals surface area contributed by atoms with Crippen molar-refractivity contribution in [3.63, 3.8) is 0 Å². The molecule has 0 atom stereocenters. The van der Waals surface area contributed by atoms with Crippen molar-refractivity contribution < 1.29 is 12.9 Å². The number of sulfonamides is 1. The van der Waals surface area contributed by atoms with Crippen molar-refractivity contribution in [1.82, 2.24) is 19.3 Å². The van der Waals surface area contributed by atoms with Crippen LogP contribution in [0.15, 0.2) is 57.9 Å². The maximum Gasteiger partial charge on any atom is 0.243 e. The molecular formula is C25H30N4O3S. The Hall–Kier alpha value is -2.55. The zero-order chi connectivity index (χ0) is 22.7. The van der Waals surface area contributed by atoms with Gasteiger partial charge in [-0.25, -0.2) is 8.42 Å². The highest BCUT2D eigenvalue weighted by molar-refractivity contribution is 7.89. The monoisotopic (exact) mass is 466 g/mol. The lowest BCUT2D eigenvalue weighted by Crippen LogP contribution is -2.35. The van der Waals surface area contributed by atoms with Crippen molar-refractivity contribution in [2.24, 2.45) is 0 Å². The summed E-state index contributed by atoms with van der Waals surface area (Å²) in [6, 6.07) is 15.4. The number of hydrogen-bond donors (Lipinski definition) is 0. The molecule has 3 heterocycles. The molecule has 0 bridgehead atoms. The second-order valence-electron chi connectivity index (χ2n) is 8.98. The molecule has 0 radical (unpaired) electrons. The smallest absolute Gasteiger partial charge is 0.243 e. The summed E-state index contributed by atoms with van der Waals surface area (Å²) in [5.41, 5.74) is 3.16. The summed E-state index contributed by atoms with van der Waals surface area (Å²) >= 11 is 0. The molecule has 1 aromatic heterocycles. The molecular weight excluding hydrogens is 436 g/mol. The summed E-state index contributed by atoms with van der Waals surface area (Å²) in [7, 11) is -3.42. The Morgan fingerprint density at radius 1 is 0.788 bits per heavy atom. The zero-order valence-electron chi connectivity index (χ0n) is 18.8. The Balaban J connectivity index is 1.22. The molecule has 5 rings (SSSR count). The van der Waals surface area contributed by atoms with Crippen LogP contribution in [-0.4, -0.2) is 53.9 Å². The summed E-state index contributed by atoms with van der Waals surface area (Å²) in [6.45, 7) is 4.56. The van der Waals surface area contributed by atoms with E-state index in [1.54, 1.807) is 16.4 Å². The van der Waals surface area contributed by atoms with E-state index in [1.165, 1.54) is 31.5 Å². The molecule has 33 heavy (non-hydrogen) atoms. The highest BCUT2D eigenvalue weighted by Gasteiger charge is 2.25. The molecule has 7 nitrogen and oxygen atoms in total. The Morgan fingerprint density at radius 3 is 2.12 bits per heavy atom. The first kappa shape index (κ1) is 22.3. The zero-order valence-corrected chi connectivity index (χ0v) is 19.6. The Morgan fingerprint density at radius 2 is 1.42 bits per heavy atom. The lowest BCUT2D eigenvalue weighted by molar-refractivity contribution is 0.331. The molecule has 174 valence electrons. The van der Waals surface area contributed by atoms with E-state index in [4.69, 9.17) is 4.52 Å². The summed E-state index contributed by atoms with van der Waals surface area (Å²) in [4.78, 5) is 7.36. The van der Waals surface area contributed by atoms with Crippen LogP contribution >= 0.6 is 0 Å². The van der Waals surface area contributed by atoms with Gasteiger partial charge in [-0.3, -0.25) is 4.90 Å². The molecule has 2 saturated heterocycles. The van der Waals surface area contributed by atoms with Gasteiger partial charge in [0.2, 0.25) is 21.7 Å². The van der Waals surface area contributed by atoms with Gasteiger partial charge in [-0.15, -0.1) is 0 Å². The molecule has 0 N–H and O–H groups in total. The van der Waals surface area contributed by atoms with E-state index < -0.39 is 10.0 Å². The minimum Gasteiger partial charge on any atom is -0.339 e. The number of hydrogen-bond acceptors (Lipinski definition) is 6. The molecule has 0 saturated carbocycles. The van der Waals surface area contributed by atoms with Crippen molar-refractivity contribution in [2.75, 3.05) is 26.2 Å². The van der Waals surface area contributed by atoms with E-state index in [9.17, 15) is 8.42 Å². The van der Waals surface area contributed by atoms with Gasteiger partial charge in [0.25, 0.3) is 0 Å². The fraction of sp³-hybridized carbons (Fsp3) is 0.440. The summed E-state index contributed by atoms with van der Waals surface area (Å²) in [5, 5.41) is 4.13. The molecule has 3 aromatic rings. The summed E-state index contributed by atoms with van der Waals surface area (Å²) < 4.78 is 32.7. The van der Waals surface area contributed by atoms with Crippen molar-refractivity contribution >= 4 is 10.0 Å². The minimum atomic E-state index is -3.42. The Kier molecular flexibility index (Phi) is 6.57. The van der Waals surface area contributed by atoms with E-state index in [0.717, 1.165) is 36.9 Å². The molecule has 0 spiro atoms.